The molecule has 3 amide bonds. The Hall–Kier alpha value is -2.19. The maximum absolute atomic E-state index is 11.7. The fourth-order valence-electron chi connectivity index (χ4n) is 2.19. The molecule has 26 heavy (non-hydrogen) atoms. The number of hydrogen-bond donors (Lipinski definition) is 2. The summed E-state index contributed by atoms with van der Waals surface area (Å²) in [6.45, 7) is 9.78. The normalized spacial score (nSPS) is 13.6. The molecule has 1 aliphatic rings. The van der Waals surface area contributed by atoms with E-state index in [-0.39, 0.29) is 30.2 Å². The van der Waals surface area contributed by atoms with Crippen molar-refractivity contribution in [2.45, 2.75) is 32.7 Å². The molecule has 0 atom stereocenters. The van der Waals surface area contributed by atoms with Crippen molar-refractivity contribution in [2.75, 3.05) is 39.5 Å². The van der Waals surface area contributed by atoms with E-state index < -0.39 is 0 Å². The van der Waals surface area contributed by atoms with E-state index in [1.54, 1.807) is 6.08 Å². The summed E-state index contributed by atoms with van der Waals surface area (Å²) >= 11 is 0. The molecule has 0 aromatic heterocycles. The van der Waals surface area contributed by atoms with Gasteiger partial charge >= 0.3 is 0 Å². The van der Waals surface area contributed by atoms with E-state index in [9.17, 15) is 14.4 Å². The van der Waals surface area contributed by atoms with E-state index in [0.29, 0.717) is 51.6 Å². The Morgan fingerprint density at radius 3 is 2.38 bits per heavy atom. The predicted molar refractivity (Wildman–Crippen MR) is 97.2 cm³/mol. The summed E-state index contributed by atoms with van der Waals surface area (Å²) in [7, 11) is 0. The van der Waals surface area contributed by atoms with Gasteiger partial charge in [0.15, 0.2) is 0 Å². The molecule has 146 valence electrons. The second kappa shape index (κ2) is 12.2. The van der Waals surface area contributed by atoms with Gasteiger partial charge in [0.2, 0.25) is 11.8 Å². The number of carbonyl (C=O) groups is 3. The molecule has 0 bridgehead atoms. The fourth-order valence-corrected chi connectivity index (χ4v) is 2.19. The van der Waals surface area contributed by atoms with Gasteiger partial charge in [-0.1, -0.05) is 6.58 Å². The Labute approximate surface area is 154 Å². The van der Waals surface area contributed by atoms with Crippen LogP contribution in [0, 0.1) is 0 Å². The quantitative estimate of drug-likeness (QED) is 0.458. The third-order valence-electron chi connectivity index (χ3n) is 3.46. The topological polar surface area (TPSA) is 97.0 Å². The van der Waals surface area contributed by atoms with Gasteiger partial charge in [-0.05, 0) is 19.9 Å². The van der Waals surface area contributed by atoms with Gasteiger partial charge in [-0.15, -0.1) is 0 Å². The number of allylic oxidation sites excluding steroid dienone is 1. The fraction of sp³-hybridized carbons (Fsp3) is 0.611. The molecule has 0 unspecified atom stereocenters. The van der Waals surface area contributed by atoms with Crippen LogP contribution in [0.5, 0.6) is 0 Å². The molecule has 0 radical (unpaired) electrons. The highest BCUT2D eigenvalue weighted by molar-refractivity contribution is 5.93. The minimum atomic E-state index is -0.146. The molecule has 0 aromatic rings. The van der Waals surface area contributed by atoms with Crippen molar-refractivity contribution in [1.82, 2.24) is 15.5 Å². The standard InChI is InChI=1S/C18H29N3O5/c1-14(2)20-17(23)7-10-25-12-13-26-11-8-19-16(22)6-9-21-15(3)4-5-18(21)24/h4-5,14H,3,6-13H2,1-2H3,(H,19,22)(H,20,23). The lowest BCUT2D eigenvalue weighted by Gasteiger charge is -2.16. The zero-order chi connectivity index (χ0) is 19.4. The van der Waals surface area contributed by atoms with Gasteiger partial charge in [-0.3, -0.25) is 14.4 Å². The Morgan fingerprint density at radius 1 is 1.08 bits per heavy atom. The second-order valence-electron chi connectivity index (χ2n) is 6.11. The van der Waals surface area contributed by atoms with Crippen molar-refractivity contribution in [3.8, 4) is 0 Å². The highest BCUT2D eigenvalue weighted by atomic mass is 16.5. The maximum atomic E-state index is 11.7. The third kappa shape index (κ3) is 9.33. The Balaban J connectivity index is 1.91. The van der Waals surface area contributed by atoms with Crippen LogP contribution in [0.15, 0.2) is 24.4 Å². The molecule has 0 spiro atoms. The molecule has 0 saturated heterocycles. The zero-order valence-electron chi connectivity index (χ0n) is 15.6. The summed E-state index contributed by atoms with van der Waals surface area (Å²) in [5.41, 5.74) is 0.604. The summed E-state index contributed by atoms with van der Waals surface area (Å²) in [4.78, 5) is 36.0. The Morgan fingerprint density at radius 2 is 1.77 bits per heavy atom. The van der Waals surface area contributed by atoms with Crippen molar-refractivity contribution >= 4 is 17.7 Å². The lowest BCUT2D eigenvalue weighted by molar-refractivity contribution is -0.125. The van der Waals surface area contributed by atoms with E-state index in [1.807, 2.05) is 13.8 Å². The predicted octanol–water partition coefficient (Wildman–Crippen LogP) is 0.353. The third-order valence-corrected chi connectivity index (χ3v) is 3.46. The van der Waals surface area contributed by atoms with E-state index >= 15 is 0 Å². The van der Waals surface area contributed by atoms with Crippen molar-refractivity contribution in [3.63, 3.8) is 0 Å². The monoisotopic (exact) mass is 367 g/mol. The summed E-state index contributed by atoms with van der Waals surface area (Å²) < 4.78 is 10.6. The average Bonchev–Trinajstić information content (AvgIpc) is 2.89. The van der Waals surface area contributed by atoms with Crippen molar-refractivity contribution < 1.29 is 23.9 Å². The van der Waals surface area contributed by atoms with E-state index in [1.165, 1.54) is 11.0 Å². The van der Waals surface area contributed by atoms with Crippen LogP contribution in [0.25, 0.3) is 0 Å². The van der Waals surface area contributed by atoms with Gasteiger partial charge in [0.1, 0.15) is 0 Å². The van der Waals surface area contributed by atoms with Crippen LogP contribution in [0.3, 0.4) is 0 Å². The van der Waals surface area contributed by atoms with E-state index in [2.05, 4.69) is 17.2 Å². The molecular formula is C18H29N3O5. The molecular weight excluding hydrogens is 338 g/mol. The number of hydrogen-bond acceptors (Lipinski definition) is 5. The molecule has 0 aliphatic carbocycles. The molecule has 0 aromatic carbocycles. The van der Waals surface area contributed by atoms with Crippen LogP contribution in [0.4, 0.5) is 0 Å². The van der Waals surface area contributed by atoms with Gasteiger partial charge in [-0.25, -0.2) is 0 Å². The van der Waals surface area contributed by atoms with Crippen molar-refractivity contribution in [2.24, 2.45) is 0 Å². The highest BCUT2D eigenvalue weighted by Gasteiger charge is 2.18. The maximum Gasteiger partial charge on any atom is 0.251 e. The molecule has 8 heteroatoms. The molecule has 1 rings (SSSR count). The zero-order valence-corrected chi connectivity index (χ0v) is 15.6. The van der Waals surface area contributed by atoms with Crippen LogP contribution in [0.2, 0.25) is 0 Å². The number of carbonyl (C=O) groups excluding carboxylic acids is 3. The smallest absolute Gasteiger partial charge is 0.251 e. The molecule has 2 N–H and O–H groups in total. The average molecular weight is 367 g/mol. The lowest BCUT2D eigenvalue weighted by Crippen LogP contribution is -2.32. The number of amides is 3. The highest BCUT2D eigenvalue weighted by Crippen LogP contribution is 2.12. The number of nitrogens with zero attached hydrogens (tertiary/aromatic N) is 1. The van der Waals surface area contributed by atoms with E-state index in [0.717, 1.165) is 0 Å². The first-order chi connectivity index (χ1) is 12.4. The number of rotatable bonds is 13. The summed E-state index contributed by atoms with van der Waals surface area (Å²) in [6.07, 6.45) is 3.61. The van der Waals surface area contributed by atoms with E-state index in [4.69, 9.17) is 9.47 Å². The van der Waals surface area contributed by atoms with Gasteiger partial charge in [0.05, 0.1) is 26.4 Å². The van der Waals surface area contributed by atoms with Gasteiger partial charge < -0.3 is 25.0 Å². The largest absolute Gasteiger partial charge is 0.379 e. The summed E-state index contributed by atoms with van der Waals surface area (Å²) in [6, 6.07) is 0.132. The van der Waals surface area contributed by atoms with Crippen molar-refractivity contribution in [1.29, 1.82) is 0 Å². The number of ether oxygens (including phenoxy) is 2. The first-order valence-electron chi connectivity index (χ1n) is 8.80. The molecule has 1 heterocycles. The summed E-state index contributed by atoms with van der Waals surface area (Å²) in [5, 5.41) is 5.51. The SMILES string of the molecule is C=C1C=CC(=O)N1CCC(=O)NCCOCCOCCC(=O)NC(C)C. The minimum Gasteiger partial charge on any atom is -0.379 e. The summed E-state index contributed by atoms with van der Waals surface area (Å²) in [5.74, 6) is -0.319. The van der Waals surface area contributed by atoms with Crippen molar-refractivity contribution in [3.05, 3.63) is 24.4 Å². The molecule has 0 fully saturated rings. The first-order valence-corrected chi connectivity index (χ1v) is 8.80. The molecule has 0 saturated carbocycles. The Bertz CT molecular complexity index is 513. The van der Waals surface area contributed by atoms with Crippen LogP contribution < -0.4 is 10.6 Å². The second-order valence-corrected chi connectivity index (χ2v) is 6.11. The van der Waals surface area contributed by atoms with Gasteiger partial charge in [0, 0.05) is 43.7 Å². The Kier molecular flexibility index (Phi) is 10.3. The van der Waals surface area contributed by atoms with Gasteiger partial charge in [0.25, 0.3) is 5.91 Å². The van der Waals surface area contributed by atoms with Gasteiger partial charge in [-0.2, -0.15) is 0 Å². The van der Waals surface area contributed by atoms with Crippen LogP contribution in [-0.4, -0.2) is 68.2 Å². The first kappa shape index (κ1) is 21.9. The lowest BCUT2D eigenvalue weighted by atomic mass is 10.3. The number of nitrogens with one attached hydrogen (secondary N) is 2. The van der Waals surface area contributed by atoms with Crippen LogP contribution in [-0.2, 0) is 23.9 Å². The minimum absolute atomic E-state index is 0.0291. The van der Waals surface area contributed by atoms with Crippen LogP contribution >= 0.6 is 0 Å². The van der Waals surface area contributed by atoms with Crippen LogP contribution in [0.1, 0.15) is 26.7 Å². The molecule has 8 nitrogen and oxygen atoms in total. The molecule has 1 aliphatic heterocycles.